The topological polar surface area (TPSA) is 70.0 Å². The molecule has 0 amide bonds. The van der Waals surface area contributed by atoms with Crippen LogP contribution in [0.1, 0.15) is 37.7 Å². The maximum Gasteiger partial charge on any atom is 0.235 e. The van der Waals surface area contributed by atoms with Gasteiger partial charge >= 0.3 is 0 Å². The van der Waals surface area contributed by atoms with Crippen molar-refractivity contribution in [2.24, 2.45) is 0 Å². The van der Waals surface area contributed by atoms with E-state index in [2.05, 4.69) is 20.7 Å². The molecule has 1 fully saturated rings. The predicted molar refractivity (Wildman–Crippen MR) is 78.3 cm³/mol. The van der Waals surface area contributed by atoms with Crippen LogP contribution in [0.15, 0.2) is 22.7 Å². The van der Waals surface area contributed by atoms with Crippen LogP contribution in [0.5, 0.6) is 0 Å². The van der Waals surface area contributed by atoms with Crippen LogP contribution in [-0.4, -0.2) is 13.7 Å². The molecule has 0 saturated heterocycles. The molecule has 1 aromatic carbocycles. The van der Waals surface area contributed by atoms with Gasteiger partial charge in [-0.2, -0.15) is 5.26 Å². The second-order valence-corrected chi connectivity index (χ2v) is 7.59. The molecule has 0 bridgehead atoms. The van der Waals surface area contributed by atoms with Crippen molar-refractivity contribution in [3.8, 4) is 6.07 Å². The van der Waals surface area contributed by atoms with Crippen molar-refractivity contribution in [3.05, 3.63) is 28.2 Å². The highest BCUT2D eigenvalue weighted by atomic mass is 79.9. The molecule has 0 unspecified atom stereocenters. The van der Waals surface area contributed by atoms with Crippen molar-refractivity contribution in [2.75, 3.05) is 4.72 Å². The van der Waals surface area contributed by atoms with Gasteiger partial charge in [0.1, 0.15) is 6.07 Å². The maximum absolute atomic E-state index is 12.3. The highest BCUT2D eigenvalue weighted by Gasteiger charge is 2.27. The SMILES string of the molecule is N#Cc1cc(Br)ccc1NS(=O)(=O)C1CCCCC1. The van der Waals surface area contributed by atoms with Crippen LogP contribution in [0.2, 0.25) is 0 Å². The lowest BCUT2D eigenvalue weighted by atomic mass is 10.0. The summed E-state index contributed by atoms with van der Waals surface area (Å²) < 4.78 is 27.9. The number of nitriles is 1. The first-order chi connectivity index (χ1) is 9.03. The summed E-state index contributed by atoms with van der Waals surface area (Å²) in [6, 6.07) is 6.95. The summed E-state index contributed by atoms with van der Waals surface area (Å²) >= 11 is 3.27. The maximum atomic E-state index is 12.3. The Bertz CT molecular complexity index is 602. The molecule has 102 valence electrons. The van der Waals surface area contributed by atoms with Crippen molar-refractivity contribution in [1.29, 1.82) is 5.26 Å². The Hall–Kier alpha value is -1.06. The smallest absolute Gasteiger partial charge is 0.235 e. The number of benzene rings is 1. The molecule has 0 atom stereocenters. The molecule has 19 heavy (non-hydrogen) atoms. The zero-order valence-electron chi connectivity index (χ0n) is 10.4. The minimum Gasteiger partial charge on any atom is -0.282 e. The fraction of sp³-hybridized carbons (Fsp3) is 0.462. The summed E-state index contributed by atoms with van der Waals surface area (Å²) in [6.45, 7) is 0. The number of hydrogen-bond donors (Lipinski definition) is 1. The third-order valence-corrected chi connectivity index (χ3v) is 5.69. The van der Waals surface area contributed by atoms with E-state index in [9.17, 15) is 8.42 Å². The van der Waals surface area contributed by atoms with Gasteiger partial charge in [0.05, 0.1) is 16.5 Å². The van der Waals surface area contributed by atoms with E-state index >= 15 is 0 Å². The Morgan fingerprint density at radius 1 is 1.26 bits per heavy atom. The van der Waals surface area contributed by atoms with Crippen LogP contribution in [0.3, 0.4) is 0 Å². The Morgan fingerprint density at radius 2 is 1.95 bits per heavy atom. The number of nitrogens with one attached hydrogen (secondary N) is 1. The van der Waals surface area contributed by atoms with E-state index in [1.54, 1.807) is 18.2 Å². The Balaban J connectivity index is 2.23. The van der Waals surface area contributed by atoms with Gasteiger partial charge in [-0.1, -0.05) is 35.2 Å². The molecule has 1 aromatic rings. The summed E-state index contributed by atoms with van der Waals surface area (Å²) in [7, 11) is -3.40. The molecule has 2 rings (SSSR count). The quantitative estimate of drug-likeness (QED) is 0.914. The van der Waals surface area contributed by atoms with Gasteiger partial charge in [-0.15, -0.1) is 0 Å². The van der Waals surface area contributed by atoms with E-state index in [4.69, 9.17) is 5.26 Å². The fourth-order valence-corrected chi connectivity index (χ4v) is 4.28. The van der Waals surface area contributed by atoms with Gasteiger partial charge in [-0.25, -0.2) is 8.42 Å². The van der Waals surface area contributed by atoms with E-state index in [0.717, 1.165) is 23.7 Å². The Kier molecular flexibility index (Phi) is 4.48. The Labute approximate surface area is 122 Å². The largest absolute Gasteiger partial charge is 0.282 e. The highest BCUT2D eigenvalue weighted by Crippen LogP contribution is 2.27. The average Bonchev–Trinajstić information content (AvgIpc) is 2.41. The van der Waals surface area contributed by atoms with Crippen LogP contribution < -0.4 is 4.72 Å². The zero-order valence-corrected chi connectivity index (χ0v) is 12.8. The van der Waals surface area contributed by atoms with Gasteiger partial charge in [0.25, 0.3) is 0 Å². The molecular weight excluding hydrogens is 328 g/mol. The molecule has 0 heterocycles. The normalized spacial score (nSPS) is 16.8. The fourth-order valence-electron chi connectivity index (χ4n) is 2.31. The van der Waals surface area contributed by atoms with Crippen LogP contribution in [0.25, 0.3) is 0 Å². The first-order valence-corrected chi connectivity index (χ1v) is 8.58. The highest BCUT2D eigenvalue weighted by molar-refractivity contribution is 9.10. The molecule has 0 spiro atoms. The first kappa shape index (κ1) is 14.4. The van der Waals surface area contributed by atoms with E-state index < -0.39 is 10.0 Å². The van der Waals surface area contributed by atoms with Crippen molar-refractivity contribution < 1.29 is 8.42 Å². The van der Waals surface area contributed by atoms with Crippen LogP contribution >= 0.6 is 15.9 Å². The van der Waals surface area contributed by atoms with Gasteiger partial charge in [0, 0.05) is 4.47 Å². The molecular formula is C13H15BrN2O2S. The lowest BCUT2D eigenvalue weighted by Crippen LogP contribution is -2.29. The molecule has 0 aliphatic heterocycles. The number of nitrogens with zero attached hydrogens (tertiary/aromatic N) is 1. The van der Waals surface area contributed by atoms with E-state index in [1.165, 1.54) is 0 Å². The summed E-state index contributed by atoms with van der Waals surface area (Å²) in [5.74, 6) is 0. The predicted octanol–water partition coefficient (Wildman–Crippen LogP) is 3.40. The van der Waals surface area contributed by atoms with Gasteiger partial charge < -0.3 is 0 Å². The van der Waals surface area contributed by atoms with Crippen molar-refractivity contribution >= 4 is 31.6 Å². The molecule has 1 aliphatic carbocycles. The minimum atomic E-state index is -3.40. The molecule has 4 nitrogen and oxygen atoms in total. The molecule has 0 aromatic heterocycles. The van der Waals surface area contributed by atoms with E-state index in [0.29, 0.717) is 24.1 Å². The molecule has 1 saturated carbocycles. The van der Waals surface area contributed by atoms with Gasteiger partial charge in [0.2, 0.25) is 10.0 Å². The van der Waals surface area contributed by atoms with Gasteiger partial charge in [-0.05, 0) is 31.0 Å². The number of rotatable bonds is 3. The lowest BCUT2D eigenvalue weighted by Gasteiger charge is -2.22. The number of sulfonamides is 1. The summed E-state index contributed by atoms with van der Waals surface area (Å²) in [5.41, 5.74) is 0.685. The minimum absolute atomic E-state index is 0.328. The van der Waals surface area contributed by atoms with Gasteiger partial charge in [0.15, 0.2) is 0 Å². The second-order valence-electron chi connectivity index (χ2n) is 4.71. The standard InChI is InChI=1S/C13H15BrN2O2S/c14-11-6-7-13(10(8-11)9-15)16-19(17,18)12-4-2-1-3-5-12/h6-8,12,16H,1-5H2. The van der Waals surface area contributed by atoms with Crippen LogP contribution in [0.4, 0.5) is 5.69 Å². The molecule has 1 aliphatic rings. The second kappa shape index (κ2) is 5.93. The number of hydrogen-bond acceptors (Lipinski definition) is 3. The summed E-state index contributed by atoms with van der Waals surface area (Å²) in [4.78, 5) is 0. The van der Waals surface area contributed by atoms with Crippen molar-refractivity contribution in [2.45, 2.75) is 37.4 Å². The lowest BCUT2D eigenvalue weighted by molar-refractivity contribution is 0.486. The van der Waals surface area contributed by atoms with E-state index in [-0.39, 0.29) is 5.25 Å². The molecule has 0 radical (unpaired) electrons. The van der Waals surface area contributed by atoms with E-state index in [1.807, 2.05) is 6.07 Å². The van der Waals surface area contributed by atoms with Crippen LogP contribution in [-0.2, 0) is 10.0 Å². The third-order valence-electron chi connectivity index (χ3n) is 3.35. The summed E-state index contributed by atoms with van der Waals surface area (Å²) in [6.07, 6.45) is 4.42. The van der Waals surface area contributed by atoms with Gasteiger partial charge in [-0.3, -0.25) is 4.72 Å². The zero-order chi connectivity index (χ0) is 13.9. The number of anilines is 1. The molecule has 1 N–H and O–H groups in total. The van der Waals surface area contributed by atoms with Crippen LogP contribution in [0, 0.1) is 11.3 Å². The monoisotopic (exact) mass is 342 g/mol. The first-order valence-electron chi connectivity index (χ1n) is 6.24. The average molecular weight is 343 g/mol. The Morgan fingerprint density at radius 3 is 2.58 bits per heavy atom. The van der Waals surface area contributed by atoms with Crippen molar-refractivity contribution in [3.63, 3.8) is 0 Å². The number of halogens is 1. The van der Waals surface area contributed by atoms with Crippen molar-refractivity contribution in [1.82, 2.24) is 0 Å². The summed E-state index contributed by atoms with van der Waals surface area (Å²) in [5, 5.41) is 8.71. The molecule has 6 heteroatoms. The third kappa shape index (κ3) is 3.48.